The van der Waals surface area contributed by atoms with Crippen LogP contribution in [0.4, 0.5) is 0 Å². The molecular formula is C27H30N2O6. The van der Waals surface area contributed by atoms with Gasteiger partial charge >= 0.3 is 0 Å². The SMILES string of the molecule is COc1cc(/C=C/C(=O)NCC2CCN(C(=O)c3cc4ccccc4o3)CC2)cc(OC)c1OC. The first-order valence-corrected chi connectivity index (χ1v) is 11.6. The molecule has 0 spiro atoms. The smallest absolute Gasteiger partial charge is 0.289 e. The van der Waals surface area contributed by atoms with Gasteiger partial charge in [0.05, 0.1) is 21.3 Å². The number of rotatable bonds is 8. The van der Waals surface area contributed by atoms with Crippen LogP contribution in [0, 0.1) is 5.92 Å². The van der Waals surface area contributed by atoms with E-state index in [-0.39, 0.29) is 11.8 Å². The number of hydrogen-bond donors (Lipinski definition) is 1. The minimum atomic E-state index is -0.181. The Bertz CT molecular complexity index is 1170. The van der Waals surface area contributed by atoms with Gasteiger partial charge in [0.15, 0.2) is 17.3 Å². The third-order valence-corrected chi connectivity index (χ3v) is 6.22. The van der Waals surface area contributed by atoms with E-state index in [2.05, 4.69) is 5.32 Å². The first-order valence-electron chi connectivity index (χ1n) is 11.6. The first-order chi connectivity index (χ1) is 17.0. The van der Waals surface area contributed by atoms with Gasteiger partial charge in [-0.3, -0.25) is 9.59 Å². The Balaban J connectivity index is 1.27. The summed E-state index contributed by atoms with van der Waals surface area (Å²) in [7, 11) is 4.64. The number of furan rings is 1. The molecule has 1 aliphatic rings. The zero-order chi connectivity index (χ0) is 24.8. The molecule has 8 heteroatoms. The zero-order valence-electron chi connectivity index (χ0n) is 20.2. The standard InChI is InChI=1S/C27H30N2O6/c1-32-22-14-19(15-23(33-2)26(22)34-3)8-9-25(30)28-17-18-10-12-29(13-11-18)27(31)24-16-20-6-4-5-7-21(20)35-24/h4-9,14-16,18H,10-13,17H2,1-3H3,(H,28,30)/b9-8+. The zero-order valence-corrected chi connectivity index (χ0v) is 20.2. The minimum Gasteiger partial charge on any atom is -0.493 e. The predicted octanol–water partition coefficient (Wildman–Crippen LogP) is 4.14. The van der Waals surface area contributed by atoms with Crippen LogP contribution in [0.2, 0.25) is 0 Å². The highest BCUT2D eigenvalue weighted by Gasteiger charge is 2.25. The summed E-state index contributed by atoms with van der Waals surface area (Å²) >= 11 is 0. The lowest BCUT2D eigenvalue weighted by atomic mass is 9.96. The second-order valence-electron chi connectivity index (χ2n) is 8.42. The third-order valence-electron chi connectivity index (χ3n) is 6.22. The highest BCUT2D eigenvalue weighted by Crippen LogP contribution is 2.38. The van der Waals surface area contributed by atoms with Crippen LogP contribution in [0.15, 0.2) is 53.0 Å². The number of methoxy groups -OCH3 is 3. The van der Waals surface area contributed by atoms with E-state index in [1.807, 2.05) is 29.2 Å². The maximum atomic E-state index is 12.8. The monoisotopic (exact) mass is 478 g/mol. The molecule has 184 valence electrons. The number of hydrogen-bond acceptors (Lipinski definition) is 6. The van der Waals surface area contributed by atoms with Gasteiger partial charge in [-0.2, -0.15) is 0 Å². The topological polar surface area (TPSA) is 90.2 Å². The molecule has 0 aliphatic carbocycles. The molecule has 1 fully saturated rings. The molecule has 1 aliphatic heterocycles. The molecular weight excluding hydrogens is 448 g/mol. The maximum absolute atomic E-state index is 12.8. The summed E-state index contributed by atoms with van der Waals surface area (Å²) in [5, 5.41) is 3.89. The van der Waals surface area contributed by atoms with Crippen LogP contribution in [0.25, 0.3) is 17.0 Å². The molecule has 3 aromatic rings. The number of carbonyl (C=O) groups excluding carboxylic acids is 2. The van der Waals surface area contributed by atoms with Gasteiger partial charge in [-0.05, 0) is 54.7 Å². The number of ether oxygens (including phenoxy) is 3. The van der Waals surface area contributed by atoms with E-state index in [4.69, 9.17) is 18.6 Å². The van der Waals surface area contributed by atoms with E-state index in [0.29, 0.717) is 54.1 Å². The second kappa shape index (κ2) is 11.0. The molecule has 4 rings (SSSR count). The van der Waals surface area contributed by atoms with Crippen LogP contribution in [0.1, 0.15) is 29.0 Å². The average Bonchev–Trinajstić information content (AvgIpc) is 3.34. The van der Waals surface area contributed by atoms with Crippen molar-refractivity contribution in [3.05, 3.63) is 59.9 Å². The van der Waals surface area contributed by atoms with Crippen LogP contribution in [-0.4, -0.2) is 57.7 Å². The first kappa shape index (κ1) is 24.2. The molecule has 0 unspecified atom stereocenters. The normalized spacial score (nSPS) is 14.3. The summed E-state index contributed by atoms with van der Waals surface area (Å²) < 4.78 is 21.7. The van der Waals surface area contributed by atoms with Gasteiger partial charge < -0.3 is 28.8 Å². The van der Waals surface area contributed by atoms with Crippen molar-refractivity contribution >= 4 is 28.9 Å². The fourth-order valence-corrected chi connectivity index (χ4v) is 4.26. The Morgan fingerprint density at radius 3 is 2.34 bits per heavy atom. The lowest BCUT2D eigenvalue weighted by Crippen LogP contribution is -2.41. The molecule has 0 radical (unpaired) electrons. The van der Waals surface area contributed by atoms with Crippen molar-refractivity contribution in [2.45, 2.75) is 12.8 Å². The molecule has 0 bridgehead atoms. The number of para-hydroxylation sites is 1. The Labute approximate surface area is 204 Å². The van der Waals surface area contributed by atoms with Crippen molar-refractivity contribution in [1.29, 1.82) is 0 Å². The summed E-state index contributed by atoms with van der Waals surface area (Å²) in [4.78, 5) is 27.0. The van der Waals surface area contributed by atoms with Crippen LogP contribution in [0.5, 0.6) is 17.2 Å². The second-order valence-corrected chi connectivity index (χ2v) is 8.42. The number of likely N-dealkylation sites (tertiary alicyclic amines) is 1. The average molecular weight is 479 g/mol. The Morgan fingerprint density at radius 2 is 1.71 bits per heavy atom. The summed E-state index contributed by atoms with van der Waals surface area (Å²) in [5.74, 6) is 1.97. The van der Waals surface area contributed by atoms with Crippen molar-refractivity contribution in [2.24, 2.45) is 5.92 Å². The van der Waals surface area contributed by atoms with Crippen molar-refractivity contribution in [3.63, 3.8) is 0 Å². The van der Waals surface area contributed by atoms with Crippen molar-refractivity contribution in [1.82, 2.24) is 10.2 Å². The Hall–Kier alpha value is -3.94. The van der Waals surface area contributed by atoms with Gasteiger partial charge in [0.2, 0.25) is 11.7 Å². The number of piperidine rings is 1. The maximum Gasteiger partial charge on any atom is 0.289 e. The Morgan fingerprint density at radius 1 is 1.03 bits per heavy atom. The minimum absolute atomic E-state index is 0.0861. The quantitative estimate of drug-likeness (QED) is 0.490. The number of nitrogens with one attached hydrogen (secondary N) is 1. The van der Waals surface area contributed by atoms with Gasteiger partial charge in [0.1, 0.15) is 5.58 Å². The highest BCUT2D eigenvalue weighted by molar-refractivity contribution is 5.96. The van der Waals surface area contributed by atoms with E-state index in [1.165, 1.54) is 6.08 Å². The lowest BCUT2D eigenvalue weighted by Gasteiger charge is -2.31. The molecule has 1 saturated heterocycles. The number of amides is 2. The number of nitrogens with zero attached hydrogens (tertiary/aromatic N) is 1. The molecule has 8 nitrogen and oxygen atoms in total. The van der Waals surface area contributed by atoms with Crippen molar-refractivity contribution < 1.29 is 28.2 Å². The number of benzene rings is 2. The molecule has 1 N–H and O–H groups in total. The predicted molar refractivity (Wildman–Crippen MR) is 133 cm³/mol. The van der Waals surface area contributed by atoms with Crippen LogP contribution < -0.4 is 19.5 Å². The van der Waals surface area contributed by atoms with E-state index in [1.54, 1.807) is 45.6 Å². The van der Waals surface area contributed by atoms with Gasteiger partial charge in [-0.1, -0.05) is 18.2 Å². The number of carbonyl (C=O) groups is 2. The molecule has 0 atom stereocenters. The van der Waals surface area contributed by atoms with Crippen LogP contribution in [-0.2, 0) is 4.79 Å². The summed E-state index contributed by atoms with van der Waals surface area (Å²) in [6, 6.07) is 13.0. The summed E-state index contributed by atoms with van der Waals surface area (Å²) in [5.41, 5.74) is 1.47. The summed E-state index contributed by atoms with van der Waals surface area (Å²) in [6.07, 6.45) is 4.83. The summed E-state index contributed by atoms with van der Waals surface area (Å²) in [6.45, 7) is 1.83. The van der Waals surface area contributed by atoms with Gasteiger partial charge in [-0.15, -0.1) is 0 Å². The van der Waals surface area contributed by atoms with E-state index >= 15 is 0 Å². The number of fused-ring (bicyclic) bond motifs is 1. The highest BCUT2D eigenvalue weighted by atomic mass is 16.5. The molecule has 2 aromatic carbocycles. The fraction of sp³-hybridized carbons (Fsp3) is 0.333. The van der Waals surface area contributed by atoms with Crippen LogP contribution in [0.3, 0.4) is 0 Å². The molecule has 0 saturated carbocycles. The van der Waals surface area contributed by atoms with E-state index in [0.717, 1.165) is 23.8 Å². The molecule has 1 aromatic heterocycles. The molecule has 2 heterocycles. The lowest BCUT2D eigenvalue weighted by molar-refractivity contribution is -0.116. The van der Waals surface area contributed by atoms with Crippen molar-refractivity contribution in [2.75, 3.05) is 41.0 Å². The van der Waals surface area contributed by atoms with Gasteiger partial charge in [-0.25, -0.2) is 0 Å². The molecule has 35 heavy (non-hydrogen) atoms. The Kier molecular flexibility index (Phi) is 7.60. The van der Waals surface area contributed by atoms with Crippen molar-refractivity contribution in [3.8, 4) is 17.2 Å². The van der Waals surface area contributed by atoms with Gasteiger partial charge in [0.25, 0.3) is 5.91 Å². The van der Waals surface area contributed by atoms with Gasteiger partial charge in [0, 0.05) is 31.1 Å². The largest absolute Gasteiger partial charge is 0.493 e. The molecule has 2 amide bonds. The third kappa shape index (κ3) is 5.59. The van der Waals surface area contributed by atoms with E-state index < -0.39 is 0 Å². The van der Waals surface area contributed by atoms with E-state index in [9.17, 15) is 9.59 Å². The fourth-order valence-electron chi connectivity index (χ4n) is 4.26. The van der Waals surface area contributed by atoms with Crippen LogP contribution >= 0.6 is 0 Å².